The average Bonchev–Trinajstić information content (AvgIpc) is 3.22. The first kappa shape index (κ1) is 15.3. The molecular weight excluding hydrogens is 278 g/mol. The Hall–Kier alpha value is -1.07. The number of hydrogen-bond acceptors (Lipinski definition) is 4. The highest BCUT2D eigenvalue weighted by Gasteiger charge is 2.24. The van der Waals surface area contributed by atoms with Gasteiger partial charge in [-0.2, -0.15) is 5.10 Å². The largest absolute Gasteiger partial charge is 0.383 e. The lowest BCUT2D eigenvalue weighted by Gasteiger charge is -2.19. The van der Waals surface area contributed by atoms with Gasteiger partial charge in [0.1, 0.15) is 5.69 Å². The first-order valence-electron chi connectivity index (χ1n) is 7.16. The molecule has 112 valence electrons. The van der Waals surface area contributed by atoms with Crippen molar-refractivity contribution in [3.8, 4) is 0 Å². The van der Waals surface area contributed by atoms with E-state index in [4.69, 9.17) is 16.3 Å². The SMILES string of the molecule is CCCC(COC)Nc1c(Cl)cnn(CC2CC2)c1=O. The Bertz CT molecular complexity index is 494. The maximum atomic E-state index is 12.4. The number of anilines is 1. The number of ether oxygens (including phenoxy) is 1. The minimum absolute atomic E-state index is 0.0898. The molecule has 1 fully saturated rings. The van der Waals surface area contributed by atoms with E-state index in [-0.39, 0.29) is 11.6 Å². The fourth-order valence-corrected chi connectivity index (χ4v) is 2.40. The number of methoxy groups -OCH3 is 1. The van der Waals surface area contributed by atoms with Crippen molar-refractivity contribution in [1.29, 1.82) is 0 Å². The molecule has 2 rings (SSSR count). The van der Waals surface area contributed by atoms with E-state index < -0.39 is 0 Å². The number of rotatable bonds is 8. The van der Waals surface area contributed by atoms with E-state index in [0.717, 1.165) is 12.8 Å². The molecule has 1 aliphatic rings. The summed E-state index contributed by atoms with van der Waals surface area (Å²) in [5, 5.41) is 7.71. The first-order chi connectivity index (χ1) is 9.65. The molecule has 1 aliphatic carbocycles. The van der Waals surface area contributed by atoms with Crippen LogP contribution >= 0.6 is 11.6 Å². The van der Waals surface area contributed by atoms with Crippen molar-refractivity contribution in [3.05, 3.63) is 21.6 Å². The minimum atomic E-state index is -0.137. The quantitative estimate of drug-likeness (QED) is 0.801. The fraction of sp³-hybridized carbons (Fsp3) is 0.714. The summed E-state index contributed by atoms with van der Waals surface area (Å²) in [6, 6.07) is 0.0898. The number of hydrogen-bond donors (Lipinski definition) is 1. The molecular formula is C14H22ClN3O2. The second kappa shape index (κ2) is 7.09. The van der Waals surface area contributed by atoms with Crippen LogP contribution in [-0.4, -0.2) is 29.5 Å². The lowest BCUT2D eigenvalue weighted by Crippen LogP contribution is -2.32. The summed E-state index contributed by atoms with van der Waals surface area (Å²) in [7, 11) is 1.66. The highest BCUT2D eigenvalue weighted by molar-refractivity contribution is 6.33. The van der Waals surface area contributed by atoms with Crippen LogP contribution in [0.3, 0.4) is 0 Å². The zero-order chi connectivity index (χ0) is 14.5. The molecule has 0 amide bonds. The predicted molar refractivity (Wildman–Crippen MR) is 80.4 cm³/mol. The molecule has 1 atom stereocenters. The van der Waals surface area contributed by atoms with Crippen molar-refractivity contribution in [2.24, 2.45) is 5.92 Å². The van der Waals surface area contributed by atoms with Crippen LogP contribution in [0, 0.1) is 5.92 Å². The van der Waals surface area contributed by atoms with Gasteiger partial charge in [-0.15, -0.1) is 0 Å². The van der Waals surface area contributed by atoms with E-state index in [1.165, 1.54) is 17.5 Å². The van der Waals surface area contributed by atoms with Gasteiger partial charge in [-0.25, -0.2) is 4.68 Å². The molecule has 1 heterocycles. The Morgan fingerprint density at radius 1 is 1.60 bits per heavy atom. The molecule has 0 aromatic carbocycles. The van der Waals surface area contributed by atoms with Crippen LogP contribution in [0.1, 0.15) is 32.6 Å². The van der Waals surface area contributed by atoms with Gasteiger partial charge in [0.2, 0.25) is 0 Å². The maximum Gasteiger partial charge on any atom is 0.291 e. The average molecular weight is 300 g/mol. The third kappa shape index (κ3) is 3.96. The van der Waals surface area contributed by atoms with Gasteiger partial charge in [-0.3, -0.25) is 4.79 Å². The van der Waals surface area contributed by atoms with Crippen LogP contribution in [0.4, 0.5) is 5.69 Å². The highest BCUT2D eigenvalue weighted by atomic mass is 35.5. The second-order valence-electron chi connectivity index (χ2n) is 5.38. The third-order valence-corrected chi connectivity index (χ3v) is 3.77. The van der Waals surface area contributed by atoms with Crippen LogP contribution in [0.15, 0.2) is 11.0 Å². The maximum absolute atomic E-state index is 12.4. The second-order valence-corrected chi connectivity index (χ2v) is 5.79. The van der Waals surface area contributed by atoms with Gasteiger partial charge in [0.15, 0.2) is 0 Å². The molecule has 0 radical (unpaired) electrons. The first-order valence-corrected chi connectivity index (χ1v) is 7.54. The molecule has 1 N–H and O–H groups in total. The molecule has 6 heteroatoms. The number of nitrogens with zero attached hydrogens (tertiary/aromatic N) is 2. The van der Waals surface area contributed by atoms with Gasteiger partial charge in [0.25, 0.3) is 5.56 Å². The Kier molecular flexibility index (Phi) is 5.43. The molecule has 1 aromatic heterocycles. The molecule has 0 spiro atoms. The Balaban J connectivity index is 2.17. The van der Waals surface area contributed by atoms with Crippen LogP contribution < -0.4 is 10.9 Å². The Labute approximate surface area is 124 Å². The third-order valence-electron chi connectivity index (χ3n) is 3.48. The Morgan fingerprint density at radius 3 is 2.95 bits per heavy atom. The van der Waals surface area contributed by atoms with Gasteiger partial charge in [-0.05, 0) is 25.2 Å². The fourth-order valence-electron chi connectivity index (χ4n) is 2.23. The smallest absolute Gasteiger partial charge is 0.291 e. The van der Waals surface area contributed by atoms with Gasteiger partial charge in [0, 0.05) is 19.7 Å². The normalized spacial score (nSPS) is 16.1. The van der Waals surface area contributed by atoms with Crippen molar-refractivity contribution in [1.82, 2.24) is 9.78 Å². The highest BCUT2D eigenvalue weighted by Crippen LogP contribution is 2.30. The number of nitrogens with one attached hydrogen (secondary N) is 1. The summed E-state index contributed by atoms with van der Waals surface area (Å²) in [5.74, 6) is 0.597. The summed E-state index contributed by atoms with van der Waals surface area (Å²) < 4.78 is 6.70. The number of aromatic nitrogens is 2. The van der Waals surface area contributed by atoms with Crippen LogP contribution in [-0.2, 0) is 11.3 Å². The summed E-state index contributed by atoms with van der Waals surface area (Å²) in [5.41, 5.74) is 0.305. The lowest BCUT2D eigenvalue weighted by atomic mass is 10.2. The number of halogens is 1. The minimum Gasteiger partial charge on any atom is -0.383 e. The molecule has 1 saturated carbocycles. The summed E-state index contributed by atoms with van der Waals surface area (Å²) in [6.07, 6.45) is 5.85. The van der Waals surface area contributed by atoms with Gasteiger partial charge in [0.05, 0.1) is 17.8 Å². The molecule has 20 heavy (non-hydrogen) atoms. The van der Waals surface area contributed by atoms with Gasteiger partial charge in [-0.1, -0.05) is 24.9 Å². The van der Waals surface area contributed by atoms with E-state index in [9.17, 15) is 4.79 Å². The van der Waals surface area contributed by atoms with Crippen LogP contribution in [0.25, 0.3) is 0 Å². The molecule has 1 unspecified atom stereocenters. The van der Waals surface area contributed by atoms with Crippen molar-refractivity contribution < 1.29 is 4.74 Å². The van der Waals surface area contributed by atoms with Crippen molar-refractivity contribution in [2.45, 2.75) is 45.2 Å². The molecule has 0 bridgehead atoms. The van der Waals surface area contributed by atoms with E-state index in [1.54, 1.807) is 13.3 Å². The Morgan fingerprint density at radius 2 is 2.35 bits per heavy atom. The summed E-state index contributed by atoms with van der Waals surface area (Å²) in [6.45, 7) is 3.34. The summed E-state index contributed by atoms with van der Waals surface area (Å²) >= 11 is 6.12. The van der Waals surface area contributed by atoms with Crippen molar-refractivity contribution >= 4 is 17.3 Å². The molecule has 5 nitrogen and oxygen atoms in total. The van der Waals surface area contributed by atoms with Crippen LogP contribution in [0.2, 0.25) is 5.02 Å². The standard InChI is InChI=1S/C14H22ClN3O2/c1-3-4-11(9-20-2)17-13-12(15)7-16-18(14(13)19)8-10-5-6-10/h7,10-11,17H,3-6,8-9H2,1-2H3. The lowest BCUT2D eigenvalue weighted by molar-refractivity contribution is 0.182. The van der Waals surface area contributed by atoms with Crippen LogP contribution in [0.5, 0.6) is 0 Å². The van der Waals surface area contributed by atoms with Gasteiger partial charge >= 0.3 is 0 Å². The zero-order valence-electron chi connectivity index (χ0n) is 12.1. The van der Waals surface area contributed by atoms with Crippen molar-refractivity contribution in [2.75, 3.05) is 19.0 Å². The van der Waals surface area contributed by atoms with E-state index in [1.807, 2.05) is 0 Å². The topological polar surface area (TPSA) is 56.1 Å². The molecule has 0 saturated heterocycles. The molecule has 1 aromatic rings. The monoisotopic (exact) mass is 299 g/mol. The van der Waals surface area contributed by atoms with Gasteiger partial charge < -0.3 is 10.1 Å². The molecule has 0 aliphatic heterocycles. The van der Waals surface area contributed by atoms with E-state index >= 15 is 0 Å². The zero-order valence-corrected chi connectivity index (χ0v) is 12.8. The van der Waals surface area contributed by atoms with Crippen molar-refractivity contribution in [3.63, 3.8) is 0 Å². The summed E-state index contributed by atoms with van der Waals surface area (Å²) in [4.78, 5) is 12.4. The van der Waals surface area contributed by atoms with E-state index in [0.29, 0.717) is 29.8 Å². The predicted octanol–water partition coefficient (Wildman–Crippen LogP) is 2.53. The van der Waals surface area contributed by atoms with E-state index in [2.05, 4.69) is 17.3 Å².